The quantitative estimate of drug-likeness (QED) is 0.273. The molecule has 1 fully saturated rings. The highest BCUT2D eigenvalue weighted by atomic mass is 16.5. The summed E-state index contributed by atoms with van der Waals surface area (Å²) in [6.45, 7) is 5.62. The zero-order valence-electron chi connectivity index (χ0n) is 18.8. The van der Waals surface area contributed by atoms with Gasteiger partial charge in [-0.2, -0.15) is 20.1 Å². The molecule has 9 heteroatoms. The second-order valence-electron chi connectivity index (χ2n) is 7.51. The van der Waals surface area contributed by atoms with Crippen molar-refractivity contribution in [1.82, 2.24) is 15.0 Å². The van der Waals surface area contributed by atoms with E-state index in [1.165, 1.54) is 0 Å². The van der Waals surface area contributed by atoms with Gasteiger partial charge in [-0.25, -0.2) is 5.43 Å². The number of hydrogen-bond donors (Lipinski definition) is 2. The molecule has 1 aromatic heterocycles. The summed E-state index contributed by atoms with van der Waals surface area (Å²) < 4.78 is 11.2. The van der Waals surface area contributed by atoms with Gasteiger partial charge in [0.15, 0.2) is 0 Å². The Kier molecular flexibility index (Phi) is 8.02. The van der Waals surface area contributed by atoms with Gasteiger partial charge in [0.05, 0.1) is 26.0 Å². The minimum Gasteiger partial charge on any atom is -0.494 e. The lowest BCUT2D eigenvalue weighted by atomic mass is 10.2. The third-order valence-corrected chi connectivity index (χ3v) is 4.97. The molecule has 9 nitrogen and oxygen atoms in total. The predicted octanol–water partition coefficient (Wildman–Crippen LogP) is 4.08. The minimum atomic E-state index is 0.362. The first-order chi connectivity index (χ1) is 16.3. The Hall–Kier alpha value is -3.72. The van der Waals surface area contributed by atoms with Gasteiger partial charge in [-0.05, 0) is 48.4 Å². The average Bonchev–Trinajstić information content (AvgIpc) is 2.86. The molecule has 1 saturated heterocycles. The second-order valence-corrected chi connectivity index (χ2v) is 7.51. The lowest BCUT2D eigenvalue weighted by Gasteiger charge is -2.27. The van der Waals surface area contributed by atoms with Crippen LogP contribution in [0.3, 0.4) is 0 Å². The molecule has 1 aliphatic heterocycles. The van der Waals surface area contributed by atoms with Gasteiger partial charge in [-0.15, -0.1) is 0 Å². The number of morpholine rings is 1. The molecule has 0 aliphatic carbocycles. The maximum absolute atomic E-state index is 5.70. The molecule has 3 aromatic rings. The molecule has 0 amide bonds. The fourth-order valence-corrected chi connectivity index (χ4v) is 3.18. The van der Waals surface area contributed by atoms with Gasteiger partial charge in [-0.1, -0.05) is 31.5 Å². The first kappa shape index (κ1) is 22.5. The largest absolute Gasteiger partial charge is 0.494 e. The molecule has 2 N–H and O–H groups in total. The summed E-state index contributed by atoms with van der Waals surface area (Å²) in [4.78, 5) is 15.7. The van der Waals surface area contributed by atoms with E-state index >= 15 is 0 Å². The molecule has 0 unspecified atom stereocenters. The molecule has 0 radical (unpaired) electrons. The van der Waals surface area contributed by atoms with Crippen LogP contribution in [-0.4, -0.2) is 54.1 Å². The number of unbranched alkanes of at least 4 members (excludes halogenated alkanes) is 1. The molecule has 0 spiro atoms. The fourth-order valence-electron chi connectivity index (χ4n) is 3.18. The number of hydrazone groups is 1. The third kappa shape index (κ3) is 6.88. The summed E-state index contributed by atoms with van der Waals surface area (Å²) in [5.74, 6) is 2.25. The molecule has 2 heterocycles. The summed E-state index contributed by atoms with van der Waals surface area (Å²) in [7, 11) is 0. The van der Waals surface area contributed by atoms with E-state index in [0.717, 1.165) is 49.5 Å². The van der Waals surface area contributed by atoms with Crippen LogP contribution >= 0.6 is 0 Å². The van der Waals surface area contributed by atoms with E-state index in [1.807, 2.05) is 54.6 Å². The van der Waals surface area contributed by atoms with Crippen molar-refractivity contribution in [3.8, 4) is 5.75 Å². The standard InChI is InChI=1S/C24H29N7O2/c1-2-3-15-33-21-11-9-19(10-12-21)18-25-30-23-27-22(26-20-7-5-4-6-8-20)28-24(29-23)31-13-16-32-17-14-31/h4-12,18H,2-3,13-17H2,1H3,(H2,26,27,28,29,30)/b25-18+. The van der Waals surface area contributed by atoms with Crippen LogP contribution in [0.2, 0.25) is 0 Å². The Morgan fingerprint density at radius 2 is 1.76 bits per heavy atom. The molecule has 172 valence electrons. The number of para-hydroxylation sites is 1. The molecule has 1 aliphatic rings. The van der Waals surface area contributed by atoms with Crippen molar-refractivity contribution < 1.29 is 9.47 Å². The van der Waals surface area contributed by atoms with E-state index in [0.29, 0.717) is 31.1 Å². The topological polar surface area (TPSA) is 96.8 Å². The van der Waals surface area contributed by atoms with Crippen LogP contribution in [0.4, 0.5) is 23.5 Å². The number of nitrogens with one attached hydrogen (secondary N) is 2. The monoisotopic (exact) mass is 447 g/mol. The Balaban J connectivity index is 1.45. The summed E-state index contributed by atoms with van der Waals surface area (Å²) in [6.07, 6.45) is 3.88. The third-order valence-electron chi connectivity index (χ3n) is 4.97. The number of rotatable bonds is 10. The van der Waals surface area contributed by atoms with Gasteiger partial charge in [0, 0.05) is 18.8 Å². The highest BCUT2D eigenvalue weighted by Gasteiger charge is 2.16. The van der Waals surface area contributed by atoms with Crippen molar-refractivity contribution in [2.45, 2.75) is 19.8 Å². The fraction of sp³-hybridized carbons (Fsp3) is 0.333. The van der Waals surface area contributed by atoms with Crippen molar-refractivity contribution in [1.29, 1.82) is 0 Å². The smallest absolute Gasteiger partial charge is 0.250 e. The molecule has 0 atom stereocenters. The van der Waals surface area contributed by atoms with Gasteiger partial charge in [0.1, 0.15) is 5.75 Å². The van der Waals surface area contributed by atoms with Gasteiger partial charge < -0.3 is 19.7 Å². The van der Waals surface area contributed by atoms with Crippen LogP contribution in [0.25, 0.3) is 0 Å². The number of ether oxygens (including phenoxy) is 2. The van der Waals surface area contributed by atoms with Gasteiger partial charge in [0.2, 0.25) is 17.8 Å². The van der Waals surface area contributed by atoms with E-state index in [-0.39, 0.29) is 0 Å². The van der Waals surface area contributed by atoms with Gasteiger partial charge in [0.25, 0.3) is 0 Å². The van der Waals surface area contributed by atoms with E-state index in [1.54, 1.807) is 6.21 Å². The average molecular weight is 448 g/mol. The summed E-state index contributed by atoms with van der Waals surface area (Å²) in [6, 6.07) is 17.6. The normalized spacial score (nSPS) is 13.8. The lowest BCUT2D eigenvalue weighted by molar-refractivity contribution is 0.122. The molecular weight excluding hydrogens is 418 g/mol. The molecular formula is C24H29N7O2. The number of nitrogens with zero attached hydrogens (tertiary/aromatic N) is 5. The van der Waals surface area contributed by atoms with Crippen LogP contribution in [0.5, 0.6) is 5.75 Å². The highest BCUT2D eigenvalue weighted by molar-refractivity contribution is 5.80. The number of anilines is 4. The summed E-state index contributed by atoms with van der Waals surface area (Å²) in [5.41, 5.74) is 4.77. The van der Waals surface area contributed by atoms with E-state index < -0.39 is 0 Å². The maximum atomic E-state index is 5.70. The Morgan fingerprint density at radius 1 is 1.00 bits per heavy atom. The van der Waals surface area contributed by atoms with Crippen LogP contribution in [0.1, 0.15) is 25.3 Å². The number of benzene rings is 2. The summed E-state index contributed by atoms with van der Waals surface area (Å²) >= 11 is 0. The maximum Gasteiger partial charge on any atom is 0.250 e. The molecule has 0 bridgehead atoms. The van der Waals surface area contributed by atoms with Crippen molar-refractivity contribution in [3.63, 3.8) is 0 Å². The molecule has 4 rings (SSSR count). The first-order valence-electron chi connectivity index (χ1n) is 11.2. The zero-order valence-corrected chi connectivity index (χ0v) is 18.8. The predicted molar refractivity (Wildman–Crippen MR) is 131 cm³/mol. The van der Waals surface area contributed by atoms with Crippen molar-refractivity contribution in [3.05, 3.63) is 60.2 Å². The van der Waals surface area contributed by atoms with E-state index in [9.17, 15) is 0 Å². The Labute approximate surface area is 193 Å². The molecule has 2 aromatic carbocycles. The second kappa shape index (κ2) is 11.8. The van der Waals surface area contributed by atoms with Crippen molar-refractivity contribution in [2.75, 3.05) is 48.6 Å². The van der Waals surface area contributed by atoms with E-state index in [4.69, 9.17) is 9.47 Å². The SMILES string of the molecule is CCCCOc1ccc(/C=N/Nc2nc(Nc3ccccc3)nc(N3CCOCC3)n2)cc1. The number of hydrogen-bond acceptors (Lipinski definition) is 9. The van der Waals surface area contributed by atoms with Crippen molar-refractivity contribution >= 4 is 29.7 Å². The highest BCUT2D eigenvalue weighted by Crippen LogP contribution is 2.18. The zero-order chi connectivity index (χ0) is 22.7. The summed E-state index contributed by atoms with van der Waals surface area (Å²) in [5, 5.41) is 7.54. The minimum absolute atomic E-state index is 0.362. The Morgan fingerprint density at radius 3 is 2.52 bits per heavy atom. The van der Waals surface area contributed by atoms with Gasteiger partial charge >= 0.3 is 0 Å². The molecule has 33 heavy (non-hydrogen) atoms. The Bertz CT molecular complexity index is 1020. The van der Waals surface area contributed by atoms with E-state index in [2.05, 4.69) is 42.6 Å². The van der Waals surface area contributed by atoms with Crippen molar-refractivity contribution in [2.24, 2.45) is 5.10 Å². The first-order valence-corrected chi connectivity index (χ1v) is 11.2. The number of aromatic nitrogens is 3. The molecule has 0 saturated carbocycles. The van der Waals surface area contributed by atoms with Crippen LogP contribution in [-0.2, 0) is 4.74 Å². The van der Waals surface area contributed by atoms with Crippen LogP contribution in [0.15, 0.2) is 59.7 Å². The van der Waals surface area contributed by atoms with Gasteiger partial charge in [-0.3, -0.25) is 0 Å². The lowest BCUT2D eigenvalue weighted by Crippen LogP contribution is -2.37. The van der Waals surface area contributed by atoms with Crippen LogP contribution in [0, 0.1) is 0 Å². The van der Waals surface area contributed by atoms with Crippen LogP contribution < -0.4 is 20.4 Å².